The van der Waals surface area contributed by atoms with Crippen LogP contribution in [-0.2, 0) is 9.59 Å². The van der Waals surface area contributed by atoms with Crippen LogP contribution in [0, 0.1) is 20.8 Å². The van der Waals surface area contributed by atoms with Crippen molar-refractivity contribution < 1.29 is 9.59 Å². The second kappa shape index (κ2) is 7.23. The van der Waals surface area contributed by atoms with Crippen LogP contribution in [0.2, 0.25) is 0 Å². The molecular formula is C20H20N4O2. The maximum absolute atomic E-state index is 12.3. The van der Waals surface area contributed by atoms with Gasteiger partial charge < -0.3 is 10.6 Å². The molecular weight excluding hydrogens is 328 g/mol. The molecule has 0 saturated carbocycles. The van der Waals surface area contributed by atoms with Gasteiger partial charge in [0.1, 0.15) is 5.82 Å². The number of aromatic nitrogens is 2. The molecule has 2 amide bonds. The Balaban J connectivity index is 1.81. The van der Waals surface area contributed by atoms with Gasteiger partial charge >= 0.3 is 11.8 Å². The van der Waals surface area contributed by atoms with Crippen LogP contribution in [0.25, 0.3) is 5.69 Å². The van der Waals surface area contributed by atoms with Crippen molar-refractivity contribution in [1.29, 1.82) is 0 Å². The third kappa shape index (κ3) is 3.64. The number of para-hydroxylation sites is 2. The molecule has 0 saturated heterocycles. The Hall–Kier alpha value is -3.41. The molecule has 0 spiro atoms. The van der Waals surface area contributed by atoms with Gasteiger partial charge in [-0.15, -0.1) is 0 Å². The lowest BCUT2D eigenvalue weighted by atomic mass is 10.2. The molecule has 0 atom stereocenters. The Morgan fingerprint density at radius 1 is 0.846 bits per heavy atom. The molecule has 1 heterocycles. The first-order valence-electron chi connectivity index (χ1n) is 8.26. The Morgan fingerprint density at radius 2 is 1.46 bits per heavy atom. The highest BCUT2D eigenvalue weighted by Crippen LogP contribution is 2.20. The first-order valence-corrected chi connectivity index (χ1v) is 8.26. The van der Waals surface area contributed by atoms with Gasteiger partial charge in [0.2, 0.25) is 0 Å². The largest absolute Gasteiger partial charge is 0.318 e. The van der Waals surface area contributed by atoms with Crippen LogP contribution in [0.1, 0.15) is 16.8 Å². The van der Waals surface area contributed by atoms with Gasteiger partial charge in [0.25, 0.3) is 0 Å². The third-order valence-electron chi connectivity index (χ3n) is 4.02. The SMILES string of the molecule is Cc1cc(NC(=O)C(=O)Nc2ccccc2C)n(-c2ccccc2C)n1. The van der Waals surface area contributed by atoms with Crippen molar-refractivity contribution in [3.8, 4) is 5.69 Å². The number of nitrogens with one attached hydrogen (secondary N) is 2. The number of aryl methyl sites for hydroxylation is 3. The number of carbonyl (C=O) groups is 2. The van der Waals surface area contributed by atoms with E-state index in [1.54, 1.807) is 22.9 Å². The lowest BCUT2D eigenvalue weighted by Crippen LogP contribution is -2.30. The normalized spacial score (nSPS) is 10.4. The van der Waals surface area contributed by atoms with E-state index in [1.807, 2.05) is 57.2 Å². The van der Waals surface area contributed by atoms with E-state index < -0.39 is 11.8 Å². The molecule has 0 aliphatic rings. The van der Waals surface area contributed by atoms with Crippen LogP contribution >= 0.6 is 0 Å². The second-order valence-corrected chi connectivity index (χ2v) is 6.09. The molecule has 6 nitrogen and oxygen atoms in total. The highest BCUT2D eigenvalue weighted by Gasteiger charge is 2.18. The molecule has 2 N–H and O–H groups in total. The fraction of sp³-hybridized carbons (Fsp3) is 0.150. The van der Waals surface area contributed by atoms with Gasteiger partial charge in [-0.2, -0.15) is 5.10 Å². The molecule has 6 heteroatoms. The van der Waals surface area contributed by atoms with Crippen LogP contribution in [0.5, 0.6) is 0 Å². The van der Waals surface area contributed by atoms with Crippen molar-refractivity contribution in [2.45, 2.75) is 20.8 Å². The fourth-order valence-corrected chi connectivity index (χ4v) is 2.64. The van der Waals surface area contributed by atoms with Gasteiger partial charge in [0.15, 0.2) is 0 Å². The predicted molar refractivity (Wildman–Crippen MR) is 101 cm³/mol. The van der Waals surface area contributed by atoms with E-state index in [2.05, 4.69) is 15.7 Å². The minimum Gasteiger partial charge on any atom is -0.318 e. The number of nitrogens with zero attached hydrogens (tertiary/aromatic N) is 2. The summed E-state index contributed by atoms with van der Waals surface area (Å²) in [5.41, 5.74) is 4.08. The molecule has 0 fully saturated rings. The maximum atomic E-state index is 12.3. The second-order valence-electron chi connectivity index (χ2n) is 6.09. The Morgan fingerprint density at radius 3 is 2.15 bits per heavy atom. The summed E-state index contributed by atoms with van der Waals surface area (Å²) in [4.78, 5) is 24.6. The molecule has 0 bridgehead atoms. The Bertz CT molecular complexity index is 975. The summed E-state index contributed by atoms with van der Waals surface area (Å²) >= 11 is 0. The highest BCUT2D eigenvalue weighted by molar-refractivity contribution is 6.43. The number of carbonyl (C=O) groups excluding carboxylic acids is 2. The van der Waals surface area contributed by atoms with E-state index in [4.69, 9.17) is 0 Å². The van der Waals surface area contributed by atoms with Gasteiger partial charge in [-0.3, -0.25) is 9.59 Å². The van der Waals surface area contributed by atoms with Gasteiger partial charge in [-0.25, -0.2) is 4.68 Å². The fourth-order valence-electron chi connectivity index (χ4n) is 2.64. The summed E-state index contributed by atoms with van der Waals surface area (Å²) in [7, 11) is 0. The topological polar surface area (TPSA) is 76.0 Å². The predicted octanol–water partition coefficient (Wildman–Crippen LogP) is 3.37. The van der Waals surface area contributed by atoms with Crippen LogP contribution in [0.4, 0.5) is 11.5 Å². The van der Waals surface area contributed by atoms with Crippen LogP contribution in [-0.4, -0.2) is 21.6 Å². The monoisotopic (exact) mass is 348 g/mol. The molecule has 0 aliphatic carbocycles. The smallest absolute Gasteiger partial charge is 0.315 e. The Labute approximate surface area is 151 Å². The summed E-state index contributed by atoms with van der Waals surface area (Å²) in [6.45, 7) is 5.66. The number of amides is 2. The molecule has 0 radical (unpaired) electrons. The van der Waals surface area contributed by atoms with E-state index in [-0.39, 0.29) is 0 Å². The van der Waals surface area contributed by atoms with E-state index in [9.17, 15) is 9.59 Å². The summed E-state index contributed by atoms with van der Waals surface area (Å²) in [6.07, 6.45) is 0. The molecule has 3 aromatic rings. The number of anilines is 2. The number of rotatable bonds is 3. The summed E-state index contributed by atoms with van der Waals surface area (Å²) in [6, 6.07) is 16.7. The van der Waals surface area contributed by atoms with Gasteiger partial charge in [-0.1, -0.05) is 36.4 Å². The van der Waals surface area contributed by atoms with Crippen LogP contribution < -0.4 is 10.6 Å². The Kier molecular flexibility index (Phi) is 4.84. The van der Waals surface area contributed by atoms with Gasteiger partial charge in [0, 0.05) is 11.8 Å². The van der Waals surface area contributed by atoms with Crippen molar-refractivity contribution in [2.75, 3.05) is 10.6 Å². The number of benzene rings is 2. The molecule has 0 unspecified atom stereocenters. The lowest BCUT2D eigenvalue weighted by molar-refractivity contribution is -0.133. The summed E-state index contributed by atoms with van der Waals surface area (Å²) in [5.74, 6) is -1.03. The van der Waals surface area contributed by atoms with Gasteiger partial charge in [0.05, 0.1) is 11.4 Å². The minimum atomic E-state index is -0.747. The van der Waals surface area contributed by atoms with Crippen molar-refractivity contribution in [3.63, 3.8) is 0 Å². The molecule has 1 aromatic heterocycles. The lowest BCUT2D eigenvalue weighted by Gasteiger charge is -2.11. The molecule has 26 heavy (non-hydrogen) atoms. The van der Waals surface area contributed by atoms with Crippen molar-refractivity contribution in [1.82, 2.24) is 9.78 Å². The average molecular weight is 348 g/mol. The molecule has 0 aliphatic heterocycles. The van der Waals surface area contributed by atoms with Gasteiger partial charge in [-0.05, 0) is 44.0 Å². The highest BCUT2D eigenvalue weighted by atomic mass is 16.2. The standard InChI is InChI=1S/C20H20N4O2/c1-13-8-4-6-10-16(13)21-19(25)20(26)22-18-12-15(3)23-24(18)17-11-7-5-9-14(17)2/h4-12H,1-3H3,(H,21,25)(H,22,26). The molecule has 132 valence electrons. The molecule has 3 rings (SSSR count). The van der Waals surface area contributed by atoms with E-state index >= 15 is 0 Å². The molecule has 2 aromatic carbocycles. The number of hydrogen-bond donors (Lipinski definition) is 2. The van der Waals surface area contributed by atoms with Crippen molar-refractivity contribution in [2.24, 2.45) is 0 Å². The van der Waals surface area contributed by atoms with Crippen molar-refractivity contribution >= 4 is 23.3 Å². The van der Waals surface area contributed by atoms with Crippen LogP contribution in [0.3, 0.4) is 0 Å². The van der Waals surface area contributed by atoms with E-state index in [0.29, 0.717) is 11.5 Å². The summed E-state index contributed by atoms with van der Waals surface area (Å²) in [5, 5.41) is 9.70. The van der Waals surface area contributed by atoms with Crippen molar-refractivity contribution in [3.05, 3.63) is 71.4 Å². The number of hydrogen-bond acceptors (Lipinski definition) is 3. The quantitative estimate of drug-likeness (QED) is 0.713. The first kappa shape index (κ1) is 17.4. The third-order valence-corrected chi connectivity index (χ3v) is 4.02. The van der Waals surface area contributed by atoms with E-state index in [1.165, 1.54) is 0 Å². The maximum Gasteiger partial charge on any atom is 0.315 e. The first-order chi connectivity index (χ1) is 12.5. The zero-order valence-electron chi connectivity index (χ0n) is 14.9. The average Bonchev–Trinajstić information content (AvgIpc) is 2.97. The van der Waals surface area contributed by atoms with Crippen LogP contribution in [0.15, 0.2) is 54.6 Å². The minimum absolute atomic E-state index is 0.446. The zero-order valence-corrected chi connectivity index (χ0v) is 14.9. The van der Waals surface area contributed by atoms with E-state index in [0.717, 1.165) is 22.5 Å². The zero-order chi connectivity index (χ0) is 18.7. The summed E-state index contributed by atoms with van der Waals surface area (Å²) < 4.78 is 1.63.